The second-order valence-electron chi connectivity index (χ2n) is 3.18. The summed E-state index contributed by atoms with van der Waals surface area (Å²) >= 11 is 0. The Balaban J connectivity index is 0.00000128. The van der Waals surface area contributed by atoms with Crippen LogP contribution in [0.5, 0.6) is 0 Å². The summed E-state index contributed by atoms with van der Waals surface area (Å²) < 4.78 is 6.36. The van der Waals surface area contributed by atoms with Crippen molar-refractivity contribution in [3.63, 3.8) is 0 Å². The first kappa shape index (κ1) is 15.5. The van der Waals surface area contributed by atoms with E-state index >= 15 is 0 Å². The number of hydrogen-bond acceptors (Lipinski definition) is 4. The van der Waals surface area contributed by atoms with Gasteiger partial charge >= 0.3 is 5.97 Å². The van der Waals surface area contributed by atoms with Crippen LogP contribution in [0.2, 0.25) is 0 Å². The van der Waals surface area contributed by atoms with Crippen molar-refractivity contribution in [3.05, 3.63) is 30.4 Å². The molecule has 0 fully saturated rings. The SMILES string of the molecule is COC(=O)Cc1ncc2ccc(N)cn12.Cl.Cl. The summed E-state index contributed by atoms with van der Waals surface area (Å²) in [7, 11) is 1.35. The van der Waals surface area contributed by atoms with E-state index in [1.165, 1.54) is 7.11 Å². The Bertz CT molecular complexity index is 513. The molecule has 2 rings (SSSR count). The minimum atomic E-state index is -0.315. The first-order valence-electron chi connectivity index (χ1n) is 4.49. The minimum Gasteiger partial charge on any atom is -0.469 e. The van der Waals surface area contributed by atoms with Gasteiger partial charge in [-0.05, 0) is 12.1 Å². The van der Waals surface area contributed by atoms with Crippen LogP contribution in [0.25, 0.3) is 5.52 Å². The van der Waals surface area contributed by atoms with E-state index in [1.54, 1.807) is 22.9 Å². The third-order valence-electron chi connectivity index (χ3n) is 2.16. The van der Waals surface area contributed by atoms with Crippen LogP contribution in [0, 0.1) is 0 Å². The summed E-state index contributed by atoms with van der Waals surface area (Å²) in [6.07, 6.45) is 3.58. The van der Waals surface area contributed by atoms with Crippen molar-refractivity contribution in [1.29, 1.82) is 0 Å². The van der Waals surface area contributed by atoms with Gasteiger partial charge < -0.3 is 14.9 Å². The molecule has 2 aromatic heterocycles. The number of ether oxygens (including phenoxy) is 1. The Kier molecular flexibility index (Phi) is 5.78. The first-order valence-corrected chi connectivity index (χ1v) is 4.49. The van der Waals surface area contributed by atoms with Crippen molar-refractivity contribution in [3.8, 4) is 0 Å². The number of aromatic nitrogens is 2. The van der Waals surface area contributed by atoms with Gasteiger partial charge in [0.2, 0.25) is 0 Å². The molecule has 2 heterocycles. The van der Waals surface area contributed by atoms with Gasteiger partial charge in [0.1, 0.15) is 12.2 Å². The fourth-order valence-corrected chi connectivity index (χ4v) is 1.39. The highest BCUT2D eigenvalue weighted by atomic mass is 35.5. The second kappa shape index (κ2) is 6.32. The summed E-state index contributed by atoms with van der Waals surface area (Å²) in [6.45, 7) is 0. The third-order valence-corrected chi connectivity index (χ3v) is 2.16. The van der Waals surface area contributed by atoms with Crippen molar-refractivity contribution < 1.29 is 9.53 Å². The largest absolute Gasteiger partial charge is 0.469 e. The maximum Gasteiger partial charge on any atom is 0.313 e. The highest BCUT2D eigenvalue weighted by Crippen LogP contribution is 2.11. The van der Waals surface area contributed by atoms with Gasteiger partial charge in [-0.25, -0.2) is 4.98 Å². The van der Waals surface area contributed by atoms with E-state index in [9.17, 15) is 4.79 Å². The molecule has 0 spiro atoms. The summed E-state index contributed by atoms with van der Waals surface area (Å²) in [5.74, 6) is 0.314. The lowest BCUT2D eigenvalue weighted by molar-refractivity contribution is -0.139. The molecule has 5 nitrogen and oxygen atoms in total. The highest BCUT2D eigenvalue weighted by molar-refractivity contribution is 5.85. The number of methoxy groups -OCH3 is 1. The number of rotatable bonds is 2. The van der Waals surface area contributed by atoms with Crippen molar-refractivity contribution >= 4 is 42.0 Å². The fraction of sp³-hybridized carbons (Fsp3) is 0.200. The Hall–Kier alpha value is -1.46. The normalized spacial score (nSPS) is 9.24. The molecular formula is C10H13Cl2N3O2. The average Bonchev–Trinajstić information content (AvgIpc) is 2.61. The Morgan fingerprint density at radius 2 is 2.18 bits per heavy atom. The summed E-state index contributed by atoms with van der Waals surface area (Å²) in [5.41, 5.74) is 7.19. The molecule has 17 heavy (non-hydrogen) atoms. The summed E-state index contributed by atoms with van der Waals surface area (Å²) in [5, 5.41) is 0. The number of nitrogens with two attached hydrogens (primary N) is 1. The zero-order chi connectivity index (χ0) is 10.8. The van der Waals surface area contributed by atoms with E-state index in [2.05, 4.69) is 9.72 Å². The van der Waals surface area contributed by atoms with Gasteiger partial charge in [-0.1, -0.05) is 0 Å². The number of carbonyl (C=O) groups excluding carboxylic acids is 1. The zero-order valence-corrected chi connectivity index (χ0v) is 10.8. The molecule has 0 radical (unpaired) electrons. The van der Waals surface area contributed by atoms with Crippen molar-refractivity contribution in [1.82, 2.24) is 9.38 Å². The summed E-state index contributed by atoms with van der Waals surface area (Å²) in [6, 6.07) is 3.64. The van der Waals surface area contributed by atoms with Crippen molar-refractivity contribution in [2.75, 3.05) is 12.8 Å². The maximum absolute atomic E-state index is 11.1. The van der Waals surface area contributed by atoms with Crippen LogP contribution in [-0.2, 0) is 16.0 Å². The molecule has 2 N–H and O–H groups in total. The van der Waals surface area contributed by atoms with E-state index in [0.717, 1.165) is 5.52 Å². The monoisotopic (exact) mass is 277 g/mol. The van der Waals surface area contributed by atoms with E-state index in [1.807, 2.05) is 6.07 Å². The highest BCUT2D eigenvalue weighted by Gasteiger charge is 2.08. The average molecular weight is 278 g/mol. The molecule has 0 bridgehead atoms. The fourth-order valence-electron chi connectivity index (χ4n) is 1.39. The Labute approximate surface area is 111 Å². The molecule has 0 saturated heterocycles. The van der Waals surface area contributed by atoms with Crippen LogP contribution in [0.3, 0.4) is 0 Å². The number of esters is 1. The molecule has 0 atom stereocenters. The standard InChI is InChI=1S/C10H11N3O2.2ClH/c1-15-10(14)4-9-12-5-8-3-2-7(11)6-13(8)9;;/h2-3,5-6H,4,11H2,1H3;2*1H. The smallest absolute Gasteiger partial charge is 0.313 e. The molecule has 0 aromatic carbocycles. The van der Waals surface area contributed by atoms with E-state index < -0.39 is 0 Å². The van der Waals surface area contributed by atoms with Crippen LogP contribution in [-0.4, -0.2) is 22.5 Å². The minimum absolute atomic E-state index is 0. The lowest BCUT2D eigenvalue weighted by Crippen LogP contribution is -2.08. The third kappa shape index (κ3) is 3.25. The van der Waals surface area contributed by atoms with Gasteiger partial charge in [0.05, 0.1) is 18.8 Å². The van der Waals surface area contributed by atoms with Crippen molar-refractivity contribution in [2.45, 2.75) is 6.42 Å². The molecule has 0 amide bonds. The second-order valence-corrected chi connectivity index (χ2v) is 3.18. The van der Waals surface area contributed by atoms with E-state index in [-0.39, 0.29) is 37.2 Å². The van der Waals surface area contributed by atoms with Gasteiger partial charge in [0.15, 0.2) is 0 Å². The van der Waals surface area contributed by atoms with E-state index in [4.69, 9.17) is 5.73 Å². The number of hydrogen-bond donors (Lipinski definition) is 1. The molecule has 2 aromatic rings. The van der Waals surface area contributed by atoms with Crippen LogP contribution in [0.4, 0.5) is 5.69 Å². The first-order chi connectivity index (χ1) is 7.20. The molecule has 0 aliphatic rings. The van der Waals surface area contributed by atoms with Crippen LogP contribution in [0.1, 0.15) is 5.82 Å². The Morgan fingerprint density at radius 3 is 2.82 bits per heavy atom. The number of halogens is 2. The molecular weight excluding hydrogens is 265 g/mol. The topological polar surface area (TPSA) is 69.6 Å². The molecule has 0 saturated carbocycles. The van der Waals surface area contributed by atoms with Crippen LogP contribution >= 0.6 is 24.8 Å². The van der Waals surface area contributed by atoms with E-state index in [0.29, 0.717) is 11.5 Å². The maximum atomic E-state index is 11.1. The summed E-state index contributed by atoms with van der Waals surface area (Å²) in [4.78, 5) is 15.2. The molecule has 0 aliphatic carbocycles. The predicted molar refractivity (Wildman–Crippen MR) is 69.8 cm³/mol. The van der Waals surface area contributed by atoms with Crippen LogP contribution in [0.15, 0.2) is 24.5 Å². The predicted octanol–water partition coefficient (Wildman–Crippen LogP) is 1.48. The van der Waals surface area contributed by atoms with Gasteiger partial charge in [0, 0.05) is 11.9 Å². The molecule has 7 heteroatoms. The lowest BCUT2D eigenvalue weighted by atomic mass is 10.3. The van der Waals surface area contributed by atoms with Gasteiger partial charge in [-0.3, -0.25) is 4.79 Å². The number of fused-ring (bicyclic) bond motifs is 1. The molecule has 0 aliphatic heterocycles. The number of pyridine rings is 1. The number of nitrogen functional groups attached to an aromatic ring is 1. The van der Waals surface area contributed by atoms with Crippen LogP contribution < -0.4 is 5.73 Å². The zero-order valence-electron chi connectivity index (χ0n) is 9.12. The Morgan fingerprint density at radius 1 is 1.47 bits per heavy atom. The van der Waals surface area contributed by atoms with Crippen molar-refractivity contribution in [2.24, 2.45) is 0 Å². The lowest BCUT2D eigenvalue weighted by Gasteiger charge is -2.01. The molecule has 0 unspecified atom stereocenters. The number of nitrogens with zero attached hydrogens (tertiary/aromatic N) is 2. The van der Waals surface area contributed by atoms with Gasteiger partial charge in [-0.15, -0.1) is 24.8 Å². The van der Waals surface area contributed by atoms with Gasteiger partial charge in [-0.2, -0.15) is 0 Å². The number of carbonyl (C=O) groups is 1. The molecule has 94 valence electrons. The number of imidazole rings is 1. The quantitative estimate of drug-likeness (QED) is 0.845. The van der Waals surface area contributed by atoms with Gasteiger partial charge in [0.25, 0.3) is 0 Å². The number of anilines is 1.